The topological polar surface area (TPSA) is 66.2 Å². The van der Waals surface area contributed by atoms with Crippen molar-refractivity contribution in [2.24, 2.45) is 0 Å². The molecule has 162 valence electrons. The molecule has 4 aromatic rings. The SMILES string of the molecule is COc1ccc(C(=O)CSc2nnc(COc3ccccc3Cl)n2-c2ccccc2)cc1. The Hall–Kier alpha value is -3.29. The summed E-state index contributed by atoms with van der Waals surface area (Å²) < 4.78 is 12.9. The van der Waals surface area contributed by atoms with Gasteiger partial charge in [-0.3, -0.25) is 9.36 Å². The summed E-state index contributed by atoms with van der Waals surface area (Å²) in [6.07, 6.45) is 0. The fourth-order valence-electron chi connectivity index (χ4n) is 3.02. The lowest BCUT2D eigenvalue weighted by Gasteiger charge is -2.11. The number of methoxy groups -OCH3 is 1. The van der Waals surface area contributed by atoms with Crippen LogP contribution >= 0.6 is 23.4 Å². The molecule has 0 fully saturated rings. The van der Waals surface area contributed by atoms with Crippen molar-refractivity contribution in [2.45, 2.75) is 11.8 Å². The highest BCUT2D eigenvalue weighted by Gasteiger charge is 2.17. The van der Waals surface area contributed by atoms with Crippen molar-refractivity contribution in [3.8, 4) is 17.2 Å². The number of para-hydroxylation sites is 2. The molecular weight excluding hydrogens is 446 g/mol. The molecule has 1 heterocycles. The van der Waals surface area contributed by atoms with Crippen molar-refractivity contribution in [1.82, 2.24) is 14.8 Å². The summed E-state index contributed by atoms with van der Waals surface area (Å²) in [5.41, 5.74) is 1.50. The van der Waals surface area contributed by atoms with Crippen LogP contribution in [-0.4, -0.2) is 33.4 Å². The van der Waals surface area contributed by atoms with E-state index in [2.05, 4.69) is 10.2 Å². The number of ether oxygens (including phenoxy) is 2. The predicted octanol–water partition coefficient (Wildman–Crippen LogP) is 5.48. The Morgan fingerprint density at radius 2 is 1.69 bits per heavy atom. The Balaban J connectivity index is 1.53. The first kappa shape index (κ1) is 21.9. The number of benzene rings is 3. The van der Waals surface area contributed by atoms with E-state index in [0.717, 1.165) is 5.69 Å². The first-order chi connectivity index (χ1) is 15.7. The molecule has 0 amide bonds. The van der Waals surface area contributed by atoms with E-state index < -0.39 is 0 Å². The number of thioether (sulfide) groups is 1. The van der Waals surface area contributed by atoms with E-state index in [0.29, 0.717) is 33.1 Å². The van der Waals surface area contributed by atoms with Crippen molar-refractivity contribution in [3.05, 3.63) is 95.3 Å². The molecule has 0 bridgehead atoms. The highest BCUT2D eigenvalue weighted by atomic mass is 35.5. The number of carbonyl (C=O) groups is 1. The maximum atomic E-state index is 12.7. The number of aromatic nitrogens is 3. The Labute approximate surface area is 195 Å². The summed E-state index contributed by atoms with van der Waals surface area (Å²) in [5.74, 6) is 2.11. The van der Waals surface area contributed by atoms with Crippen LogP contribution < -0.4 is 9.47 Å². The summed E-state index contributed by atoms with van der Waals surface area (Å²) in [7, 11) is 1.59. The molecule has 0 unspecified atom stereocenters. The van der Waals surface area contributed by atoms with Crippen LogP contribution in [0.3, 0.4) is 0 Å². The maximum Gasteiger partial charge on any atom is 0.196 e. The minimum Gasteiger partial charge on any atom is -0.497 e. The van der Waals surface area contributed by atoms with E-state index in [1.54, 1.807) is 43.5 Å². The first-order valence-corrected chi connectivity index (χ1v) is 11.2. The second kappa shape index (κ2) is 10.3. The van der Waals surface area contributed by atoms with E-state index in [1.807, 2.05) is 47.0 Å². The quantitative estimate of drug-likeness (QED) is 0.241. The molecule has 0 aliphatic carbocycles. The summed E-state index contributed by atoms with van der Waals surface area (Å²) in [6.45, 7) is 0.179. The van der Waals surface area contributed by atoms with Gasteiger partial charge in [0.1, 0.15) is 18.1 Å². The standard InChI is InChI=1S/C24H20ClN3O3S/c1-30-19-13-11-17(12-14-19)21(29)16-32-24-27-26-23(28(24)18-7-3-2-4-8-18)15-31-22-10-6-5-9-20(22)25/h2-14H,15-16H2,1H3. The Morgan fingerprint density at radius 3 is 2.41 bits per heavy atom. The number of hydrogen-bond acceptors (Lipinski definition) is 6. The molecule has 0 aliphatic rings. The molecule has 0 N–H and O–H groups in total. The minimum atomic E-state index is -0.00543. The van der Waals surface area contributed by atoms with Crippen LogP contribution in [0, 0.1) is 0 Å². The fraction of sp³-hybridized carbons (Fsp3) is 0.125. The van der Waals surface area contributed by atoms with E-state index in [9.17, 15) is 4.79 Å². The number of halogens is 1. The van der Waals surface area contributed by atoms with E-state index in [4.69, 9.17) is 21.1 Å². The van der Waals surface area contributed by atoms with Crippen LogP contribution in [-0.2, 0) is 6.61 Å². The average Bonchev–Trinajstić information content (AvgIpc) is 3.25. The summed E-state index contributed by atoms with van der Waals surface area (Å²) in [5, 5.41) is 9.75. The second-order valence-electron chi connectivity index (χ2n) is 6.73. The summed E-state index contributed by atoms with van der Waals surface area (Å²) >= 11 is 7.52. The van der Waals surface area contributed by atoms with Crippen LogP contribution in [0.4, 0.5) is 0 Å². The zero-order chi connectivity index (χ0) is 22.3. The Bertz CT molecular complexity index is 1200. The van der Waals surface area contributed by atoms with Crippen molar-refractivity contribution in [2.75, 3.05) is 12.9 Å². The van der Waals surface area contributed by atoms with Gasteiger partial charge in [-0.05, 0) is 48.5 Å². The third-order valence-electron chi connectivity index (χ3n) is 4.65. The van der Waals surface area contributed by atoms with Gasteiger partial charge in [-0.15, -0.1) is 10.2 Å². The van der Waals surface area contributed by atoms with Gasteiger partial charge in [0.25, 0.3) is 0 Å². The van der Waals surface area contributed by atoms with Crippen LogP contribution in [0.15, 0.2) is 84.0 Å². The molecule has 3 aromatic carbocycles. The molecule has 0 spiro atoms. The monoisotopic (exact) mass is 465 g/mol. The molecule has 0 radical (unpaired) electrons. The van der Waals surface area contributed by atoms with E-state index in [1.165, 1.54) is 11.8 Å². The first-order valence-electron chi connectivity index (χ1n) is 9.83. The Kier molecular flexibility index (Phi) is 7.09. The molecular formula is C24H20ClN3O3S. The van der Waals surface area contributed by atoms with Gasteiger partial charge in [-0.25, -0.2) is 0 Å². The molecule has 0 aliphatic heterocycles. The molecule has 0 saturated carbocycles. The van der Waals surface area contributed by atoms with Crippen LogP contribution in [0.25, 0.3) is 5.69 Å². The van der Waals surface area contributed by atoms with Crippen LogP contribution in [0.1, 0.15) is 16.2 Å². The highest BCUT2D eigenvalue weighted by molar-refractivity contribution is 7.99. The average molecular weight is 466 g/mol. The lowest BCUT2D eigenvalue weighted by molar-refractivity contribution is 0.102. The maximum absolute atomic E-state index is 12.7. The van der Waals surface area contributed by atoms with Crippen molar-refractivity contribution < 1.29 is 14.3 Å². The van der Waals surface area contributed by atoms with Gasteiger partial charge in [0.15, 0.2) is 16.8 Å². The predicted molar refractivity (Wildman–Crippen MR) is 125 cm³/mol. The van der Waals surface area contributed by atoms with Gasteiger partial charge < -0.3 is 9.47 Å². The second-order valence-corrected chi connectivity index (χ2v) is 8.08. The zero-order valence-electron chi connectivity index (χ0n) is 17.3. The van der Waals surface area contributed by atoms with Gasteiger partial charge in [0.2, 0.25) is 0 Å². The van der Waals surface area contributed by atoms with Crippen molar-refractivity contribution in [3.63, 3.8) is 0 Å². The number of ketones is 1. The normalized spacial score (nSPS) is 10.7. The number of rotatable bonds is 9. The summed E-state index contributed by atoms with van der Waals surface area (Å²) in [6, 6.07) is 24.0. The fourth-order valence-corrected chi connectivity index (χ4v) is 4.07. The van der Waals surface area contributed by atoms with Crippen molar-refractivity contribution in [1.29, 1.82) is 0 Å². The van der Waals surface area contributed by atoms with Gasteiger partial charge in [0.05, 0.1) is 17.9 Å². The lowest BCUT2D eigenvalue weighted by atomic mass is 10.1. The zero-order valence-corrected chi connectivity index (χ0v) is 18.8. The molecule has 8 heteroatoms. The van der Waals surface area contributed by atoms with Crippen LogP contribution in [0.2, 0.25) is 5.02 Å². The van der Waals surface area contributed by atoms with E-state index in [-0.39, 0.29) is 18.1 Å². The van der Waals surface area contributed by atoms with Gasteiger partial charge >= 0.3 is 0 Å². The highest BCUT2D eigenvalue weighted by Crippen LogP contribution is 2.27. The number of Topliss-reactive ketones (excluding diaryl/α,β-unsaturated/α-hetero) is 1. The van der Waals surface area contributed by atoms with E-state index >= 15 is 0 Å². The van der Waals surface area contributed by atoms with Gasteiger partial charge in [-0.2, -0.15) is 0 Å². The molecule has 1 aromatic heterocycles. The summed E-state index contributed by atoms with van der Waals surface area (Å²) in [4.78, 5) is 12.7. The third kappa shape index (κ3) is 5.12. The molecule has 0 atom stereocenters. The number of hydrogen-bond donors (Lipinski definition) is 0. The molecule has 0 saturated heterocycles. The van der Waals surface area contributed by atoms with Crippen LogP contribution in [0.5, 0.6) is 11.5 Å². The molecule has 6 nitrogen and oxygen atoms in total. The molecule has 4 rings (SSSR count). The number of carbonyl (C=O) groups excluding carboxylic acids is 1. The van der Waals surface area contributed by atoms with Gasteiger partial charge in [-0.1, -0.05) is 53.7 Å². The van der Waals surface area contributed by atoms with Gasteiger partial charge in [0, 0.05) is 11.3 Å². The largest absolute Gasteiger partial charge is 0.497 e. The lowest BCUT2D eigenvalue weighted by Crippen LogP contribution is -2.08. The van der Waals surface area contributed by atoms with Crippen molar-refractivity contribution >= 4 is 29.1 Å². The third-order valence-corrected chi connectivity index (χ3v) is 5.89. The molecule has 32 heavy (non-hydrogen) atoms. The number of nitrogens with zero attached hydrogens (tertiary/aromatic N) is 3. The Morgan fingerprint density at radius 1 is 0.969 bits per heavy atom. The minimum absolute atomic E-state index is 0.00543. The smallest absolute Gasteiger partial charge is 0.196 e.